The van der Waals surface area contributed by atoms with Gasteiger partial charge >= 0.3 is 0 Å². The standard InChI is InChI=1S/C14H29N3O/c1-14(12-18,15-2)6-4-7-16-9-10-17-8-3-5-13(17)11-16/h13,15,18H,3-12H2,1-2H3. The van der Waals surface area contributed by atoms with Gasteiger partial charge in [-0.1, -0.05) is 0 Å². The molecule has 106 valence electrons. The molecule has 2 N–H and O–H groups in total. The first-order chi connectivity index (χ1) is 8.67. The number of hydrogen-bond acceptors (Lipinski definition) is 4. The van der Waals surface area contributed by atoms with E-state index in [4.69, 9.17) is 0 Å². The maximum absolute atomic E-state index is 9.36. The second kappa shape index (κ2) is 6.33. The molecule has 0 radical (unpaired) electrons. The molecule has 0 aromatic carbocycles. The Hall–Kier alpha value is -0.160. The minimum Gasteiger partial charge on any atom is -0.394 e. The molecule has 2 rings (SSSR count). The van der Waals surface area contributed by atoms with Crippen LogP contribution < -0.4 is 5.32 Å². The van der Waals surface area contributed by atoms with Crippen LogP contribution in [0.4, 0.5) is 0 Å². The Morgan fingerprint density at radius 2 is 2.17 bits per heavy atom. The molecule has 2 aliphatic heterocycles. The van der Waals surface area contributed by atoms with Gasteiger partial charge in [0.15, 0.2) is 0 Å². The van der Waals surface area contributed by atoms with Crippen molar-refractivity contribution in [2.24, 2.45) is 0 Å². The van der Waals surface area contributed by atoms with Gasteiger partial charge in [-0.25, -0.2) is 0 Å². The summed E-state index contributed by atoms with van der Waals surface area (Å²) in [6, 6.07) is 0.826. The van der Waals surface area contributed by atoms with Gasteiger partial charge in [0.25, 0.3) is 0 Å². The van der Waals surface area contributed by atoms with Gasteiger partial charge < -0.3 is 15.3 Å². The number of aliphatic hydroxyl groups is 1. The van der Waals surface area contributed by atoms with E-state index in [0.717, 1.165) is 12.5 Å². The lowest BCUT2D eigenvalue weighted by Crippen LogP contribution is -2.50. The highest BCUT2D eigenvalue weighted by atomic mass is 16.3. The lowest BCUT2D eigenvalue weighted by Gasteiger charge is -2.38. The molecule has 0 spiro atoms. The Labute approximate surface area is 111 Å². The molecule has 0 saturated carbocycles. The fourth-order valence-electron chi connectivity index (χ4n) is 3.23. The van der Waals surface area contributed by atoms with Crippen molar-refractivity contribution in [1.29, 1.82) is 0 Å². The van der Waals surface area contributed by atoms with Gasteiger partial charge in [0.05, 0.1) is 6.61 Å². The quantitative estimate of drug-likeness (QED) is 0.726. The van der Waals surface area contributed by atoms with Gasteiger partial charge in [-0.15, -0.1) is 0 Å². The van der Waals surface area contributed by atoms with E-state index in [2.05, 4.69) is 22.0 Å². The van der Waals surface area contributed by atoms with Crippen LogP contribution in [0.5, 0.6) is 0 Å². The van der Waals surface area contributed by atoms with Gasteiger partial charge in [0.1, 0.15) is 0 Å². The summed E-state index contributed by atoms with van der Waals surface area (Å²) in [5.74, 6) is 0. The van der Waals surface area contributed by atoms with Crippen molar-refractivity contribution < 1.29 is 5.11 Å². The number of nitrogens with one attached hydrogen (secondary N) is 1. The molecule has 4 heteroatoms. The Balaban J connectivity index is 1.68. The molecule has 2 atom stereocenters. The summed E-state index contributed by atoms with van der Waals surface area (Å²) in [6.07, 6.45) is 5.00. The predicted octanol–water partition coefficient (Wildman–Crippen LogP) is 0.517. The average molecular weight is 255 g/mol. The molecule has 4 nitrogen and oxygen atoms in total. The highest BCUT2D eigenvalue weighted by Crippen LogP contribution is 2.22. The van der Waals surface area contributed by atoms with Crippen LogP contribution in [0.25, 0.3) is 0 Å². The van der Waals surface area contributed by atoms with Crippen molar-refractivity contribution >= 4 is 0 Å². The van der Waals surface area contributed by atoms with Gasteiger partial charge in [0, 0.05) is 31.2 Å². The normalized spacial score (nSPS) is 29.2. The summed E-state index contributed by atoms with van der Waals surface area (Å²) < 4.78 is 0. The van der Waals surface area contributed by atoms with Gasteiger partial charge in [-0.05, 0) is 52.7 Å². The van der Waals surface area contributed by atoms with E-state index in [9.17, 15) is 5.11 Å². The molecule has 0 aliphatic carbocycles. The molecular weight excluding hydrogens is 226 g/mol. The molecule has 2 fully saturated rings. The van der Waals surface area contributed by atoms with Crippen LogP contribution in [0, 0.1) is 0 Å². The van der Waals surface area contributed by atoms with E-state index in [1.807, 2.05) is 7.05 Å². The van der Waals surface area contributed by atoms with Crippen molar-refractivity contribution in [1.82, 2.24) is 15.1 Å². The Morgan fingerprint density at radius 3 is 2.89 bits per heavy atom. The molecule has 0 bridgehead atoms. The zero-order valence-electron chi connectivity index (χ0n) is 12.0. The van der Waals surface area contributed by atoms with Crippen molar-refractivity contribution in [3.63, 3.8) is 0 Å². The van der Waals surface area contributed by atoms with Crippen LogP contribution in [-0.2, 0) is 0 Å². The molecule has 2 aliphatic rings. The highest BCUT2D eigenvalue weighted by Gasteiger charge is 2.30. The number of likely N-dealkylation sites (N-methyl/N-ethyl adjacent to an activating group) is 1. The SMILES string of the molecule is CNC(C)(CO)CCCN1CCN2CCCC2C1. The van der Waals surface area contributed by atoms with Gasteiger partial charge in [-0.3, -0.25) is 4.90 Å². The molecule has 0 aromatic heterocycles. The molecule has 2 saturated heterocycles. The van der Waals surface area contributed by atoms with Crippen LogP contribution in [0.2, 0.25) is 0 Å². The second-order valence-corrected chi connectivity index (χ2v) is 6.20. The average Bonchev–Trinajstić information content (AvgIpc) is 2.86. The second-order valence-electron chi connectivity index (χ2n) is 6.20. The van der Waals surface area contributed by atoms with E-state index in [0.29, 0.717) is 0 Å². The molecular formula is C14H29N3O. The van der Waals surface area contributed by atoms with E-state index in [1.54, 1.807) is 0 Å². The van der Waals surface area contributed by atoms with Crippen molar-refractivity contribution in [2.75, 3.05) is 46.4 Å². The zero-order valence-corrected chi connectivity index (χ0v) is 12.0. The first-order valence-corrected chi connectivity index (χ1v) is 7.43. The number of piperazine rings is 1. The third kappa shape index (κ3) is 3.44. The maximum atomic E-state index is 9.36. The smallest absolute Gasteiger partial charge is 0.0610 e. The topological polar surface area (TPSA) is 38.7 Å². The summed E-state index contributed by atoms with van der Waals surface area (Å²) >= 11 is 0. The van der Waals surface area contributed by atoms with Crippen LogP contribution in [0.1, 0.15) is 32.6 Å². The van der Waals surface area contributed by atoms with Crippen molar-refractivity contribution in [3.05, 3.63) is 0 Å². The fraction of sp³-hybridized carbons (Fsp3) is 1.00. The van der Waals surface area contributed by atoms with E-state index < -0.39 is 0 Å². The van der Waals surface area contributed by atoms with E-state index >= 15 is 0 Å². The minimum absolute atomic E-state index is 0.102. The molecule has 0 aromatic rings. The van der Waals surface area contributed by atoms with Crippen LogP contribution in [0.15, 0.2) is 0 Å². The predicted molar refractivity (Wildman–Crippen MR) is 74.8 cm³/mol. The Bertz CT molecular complexity index is 255. The Morgan fingerprint density at radius 1 is 1.33 bits per heavy atom. The summed E-state index contributed by atoms with van der Waals surface area (Å²) in [6.45, 7) is 8.57. The third-order valence-electron chi connectivity index (χ3n) is 4.83. The zero-order chi connectivity index (χ0) is 13.0. The number of rotatable bonds is 6. The van der Waals surface area contributed by atoms with E-state index in [-0.39, 0.29) is 12.1 Å². The summed E-state index contributed by atoms with van der Waals surface area (Å²) in [4.78, 5) is 5.27. The largest absolute Gasteiger partial charge is 0.394 e. The van der Waals surface area contributed by atoms with Crippen LogP contribution >= 0.6 is 0 Å². The van der Waals surface area contributed by atoms with Gasteiger partial charge in [-0.2, -0.15) is 0 Å². The highest BCUT2D eigenvalue weighted by molar-refractivity contribution is 4.87. The monoisotopic (exact) mass is 255 g/mol. The lowest BCUT2D eigenvalue weighted by molar-refractivity contribution is 0.0978. The Kier molecular flexibility index (Phi) is 5.01. The van der Waals surface area contributed by atoms with Crippen molar-refractivity contribution in [3.8, 4) is 0 Å². The first-order valence-electron chi connectivity index (χ1n) is 7.43. The summed E-state index contributed by atoms with van der Waals surface area (Å²) in [7, 11) is 1.94. The molecule has 0 amide bonds. The van der Waals surface area contributed by atoms with Crippen LogP contribution in [-0.4, -0.2) is 72.9 Å². The number of aliphatic hydroxyl groups excluding tert-OH is 1. The molecule has 18 heavy (non-hydrogen) atoms. The van der Waals surface area contributed by atoms with Crippen molar-refractivity contribution in [2.45, 2.75) is 44.2 Å². The fourth-order valence-corrected chi connectivity index (χ4v) is 3.23. The van der Waals surface area contributed by atoms with Crippen LogP contribution in [0.3, 0.4) is 0 Å². The third-order valence-corrected chi connectivity index (χ3v) is 4.83. The number of hydrogen-bond donors (Lipinski definition) is 2. The van der Waals surface area contributed by atoms with E-state index in [1.165, 1.54) is 52.0 Å². The maximum Gasteiger partial charge on any atom is 0.0610 e. The van der Waals surface area contributed by atoms with Gasteiger partial charge in [0.2, 0.25) is 0 Å². The molecule has 2 heterocycles. The number of nitrogens with zero attached hydrogens (tertiary/aromatic N) is 2. The lowest BCUT2D eigenvalue weighted by atomic mass is 9.97. The first kappa shape index (κ1) is 14.3. The summed E-state index contributed by atoms with van der Waals surface area (Å²) in [5, 5.41) is 12.6. The summed E-state index contributed by atoms with van der Waals surface area (Å²) in [5.41, 5.74) is -0.102. The number of fused-ring (bicyclic) bond motifs is 1. The minimum atomic E-state index is -0.102. The molecule has 2 unspecified atom stereocenters.